The van der Waals surface area contributed by atoms with Crippen LogP contribution in [0.25, 0.3) is 0 Å². The van der Waals surface area contributed by atoms with Gasteiger partial charge in [0.1, 0.15) is 6.10 Å². The predicted molar refractivity (Wildman–Crippen MR) is 197 cm³/mol. The third-order valence-electron chi connectivity index (χ3n) is 10.9. The molecule has 260 valence electrons. The van der Waals surface area contributed by atoms with E-state index in [0.29, 0.717) is 6.42 Å². The molecular weight excluding hydrogens is 597 g/mol. The molecule has 0 aliphatic carbocycles. The number of unbranched alkanes of at least 4 members (excludes halogenated alkanes) is 4. The maximum absolute atomic E-state index is 12.2. The topological polar surface area (TPSA) is 54.0 Å². The van der Waals surface area contributed by atoms with Crippen LogP contribution in [-0.2, 0) is 22.8 Å². The summed E-state index contributed by atoms with van der Waals surface area (Å²) in [5, 5.41) is 0.326. The van der Waals surface area contributed by atoms with Gasteiger partial charge in [0.25, 0.3) is 0 Å². The molecule has 5 nitrogen and oxygen atoms in total. The van der Waals surface area contributed by atoms with Crippen LogP contribution in [0.5, 0.6) is 0 Å². The fourth-order valence-corrected chi connectivity index (χ4v) is 9.12. The molecule has 0 saturated carbocycles. The van der Waals surface area contributed by atoms with E-state index in [1.165, 1.54) is 32.1 Å². The van der Waals surface area contributed by atoms with Gasteiger partial charge in [-0.1, -0.05) is 107 Å². The molecule has 0 aromatic rings. The van der Waals surface area contributed by atoms with Crippen LogP contribution in [-0.4, -0.2) is 55.3 Å². The lowest BCUT2D eigenvalue weighted by molar-refractivity contribution is -0.145. The molecule has 8 heteroatoms. The van der Waals surface area contributed by atoms with E-state index in [-0.39, 0.29) is 45.5 Å². The molecule has 0 aromatic carbocycles. The van der Waals surface area contributed by atoms with Crippen molar-refractivity contribution in [1.29, 1.82) is 0 Å². The maximum atomic E-state index is 12.2. The van der Waals surface area contributed by atoms with E-state index in [1.54, 1.807) is 6.08 Å². The fourth-order valence-electron chi connectivity index (χ4n) is 4.96. The minimum absolute atomic E-state index is 0.0194. The molecule has 0 radical (unpaired) electrons. The molecule has 1 rings (SSSR count). The van der Waals surface area contributed by atoms with Crippen molar-refractivity contribution in [1.82, 2.24) is 0 Å². The average Bonchev–Trinajstić information content (AvgIpc) is 2.81. The summed E-state index contributed by atoms with van der Waals surface area (Å²) in [6.45, 7) is 37.3. The van der Waals surface area contributed by atoms with E-state index >= 15 is 0 Å². The third kappa shape index (κ3) is 13.8. The van der Waals surface area contributed by atoms with Crippen molar-refractivity contribution >= 4 is 30.9 Å². The minimum atomic E-state index is -2.10. The van der Waals surface area contributed by atoms with Gasteiger partial charge in [-0.25, -0.2) is 4.79 Å². The van der Waals surface area contributed by atoms with E-state index in [1.807, 2.05) is 6.08 Å². The molecule has 1 aliphatic heterocycles. The molecule has 0 amide bonds. The van der Waals surface area contributed by atoms with Gasteiger partial charge >= 0.3 is 5.97 Å². The number of carbonyl (C=O) groups excluding carboxylic acids is 1. The Morgan fingerprint density at radius 1 is 0.705 bits per heavy atom. The Bertz CT molecular complexity index is 893. The molecule has 44 heavy (non-hydrogen) atoms. The molecule has 0 unspecified atom stereocenters. The molecule has 0 saturated heterocycles. The predicted octanol–water partition coefficient (Wildman–Crippen LogP) is 11.6. The molecule has 0 N–H and O–H groups in total. The Kier molecular flexibility index (Phi) is 15.9. The van der Waals surface area contributed by atoms with Gasteiger partial charge < -0.3 is 18.0 Å². The van der Waals surface area contributed by atoms with Crippen LogP contribution in [0, 0.1) is 0 Å². The summed E-state index contributed by atoms with van der Waals surface area (Å²) in [6.07, 6.45) is 14.0. The van der Waals surface area contributed by atoms with E-state index in [2.05, 4.69) is 109 Å². The standard InChI is InChI=1S/C36H74O5Si3/c1-17-18-19-20-21-23-30(39-42(11,12)34(2,3)4)27-32(41-44(15,16)36(8,9)10)28-31(40-43(13,14)35(5,6)7)26-29-24-22-25-33(37)38-29/h22,25,29-32H,17-21,23-24,26-28H2,1-16H3/t29-,30+,31-,32+/m0/s1. The molecule has 0 fully saturated rings. The number of hydrogen-bond donors (Lipinski definition) is 0. The number of esters is 1. The highest BCUT2D eigenvalue weighted by Gasteiger charge is 2.44. The lowest BCUT2D eigenvalue weighted by Gasteiger charge is -2.45. The average molecular weight is 671 g/mol. The molecule has 1 aliphatic rings. The van der Waals surface area contributed by atoms with Gasteiger partial charge in [-0.3, -0.25) is 0 Å². The Morgan fingerprint density at radius 3 is 1.59 bits per heavy atom. The summed E-state index contributed by atoms with van der Waals surface area (Å²) in [7, 11) is -6.17. The molecule has 0 aromatic heterocycles. The second-order valence-electron chi connectivity index (χ2n) is 18.1. The van der Waals surface area contributed by atoms with Gasteiger partial charge in [-0.15, -0.1) is 0 Å². The van der Waals surface area contributed by atoms with Crippen LogP contribution in [0.4, 0.5) is 0 Å². The van der Waals surface area contributed by atoms with Gasteiger partial charge in [0.05, 0.1) is 6.10 Å². The summed E-state index contributed by atoms with van der Waals surface area (Å²) in [5.74, 6) is -0.243. The highest BCUT2D eigenvalue weighted by molar-refractivity contribution is 6.75. The number of ether oxygens (including phenoxy) is 1. The monoisotopic (exact) mass is 670 g/mol. The Balaban J connectivity index is 3.45. The van der Waals surface area contributed by atoms with Gasteiger partial charge in [0.2, 0.25) is 0 Å². The zero-order valence-corrected chi connectivity index (χ0v) is 35.1. The van der Waals surface area contributed by atoms with Crippen molar-refractivity contribution in [2.75, 3.05) is 0 Å². The van der Waals surface area contributed by atoms with Crippen molar-refractivity contribution < 1.29 is 22.8 Å². The fraction of sp³-hybridized carbons (Fsp3) is 0.917. The zero-order chi connectivity index (χ0) is 34.2. The second-order valence-corrected chi connectivity index (χ2v) is 32.4. The van der Waals surface area contributed by atoms with Crippen LogP contribution in [0.15, 0.2) is 12.2 Å². The smallest absolute Gasteiger partial charge is 0.330 e. The summed E-state index contributed by atoms with van der Waals surface area (Å²) in [5.41, 5.74) is 0. The quantitative estimate of drug-likeness (QED) is 0.0825. The first-order valence-corrected chi connectivity index (χ1v) is 26.4. The van der Waals surface area contributed by atoms with Gasteiger partial charge in [0, 0.05) is 31.1 Å². The lowest BCUT2D eigenvalue weighted by Crippen LogP contribution is -2.49. The van der Waals surface area contributed by atoms with Crippen LogP contribution >= 0.6 is 0 Å². The van der Waals surface area contributed by atoms with Crippen molar-refractivity contribution in [3.63, 3.8) is 0 Å². The summed E-state index contributed by atoms with van der Waals surface area (Å²) in [4.78, 5) is 12.2. The van der Waals surface area contributed by atoms with Crippen molar-refractivity contribution in [3.8, 4) is 0 Å². The largest absolute Gasteiger partial charge is 0.459 e. The molecule has 0 spiro atoms. The van der Waals surface area contributed by atoms with Crippen LogP contribution in [0.2, 0.25) is 54.4 Å². The summed E-state index contributed by atoms with van der Waals surface area (Å²) < 4.78 is 27.5. The Labute approximate surface area is 277 Å². The van der Waals surface area contributed by atoms with Gasteiger partial charge in [-0.2, -0.15) is 0 Å². The summed E-state index contributed by atoms with van der Waals surface area (Å²) >= 11 is 0. The SMILES string of the molecule is CCCCCCC[C@H](C[C@H](C[C@H](C[C@@H]1CC=CC(=O)O1)O[Si](C)(C)C(C)(C)C)O[Si](C)(C)C(C)(C)C)O[Si](C)(C)C(C)(C)C. The summed E-state index contributed by atoms with van der Waals surface area (Å²) in [6, 6.07) is 0. The van der Waals surface area contributed by atoms with Crippen LogP contribution in [0.1, 0.15) is 133 Å². The highest BCUT2D eigenvalue weighted by atomic mass is 28.4. The first-order chi connectivity index (χ1) is 19.8. The zero-order valence-electron chi connectivity index (χ0n) is 32.1. The molecular formula is C36H74O5Si3. The van der Waals surface area contributed by atoms with Crippen molar-refractivity contribution in [3.05, 3.63) is 12.2 Å². The number of carbonyl (C=O) groups is 1. The van der Waals surface area contributed by atoms with Gasteiger partial charge in [-0.05, 0) is 73.7 Å². The van der Waals surface area contributed by atoms with Crippen molar-refractivity contribution in [2.24, 2.45) is 0 Å². The molecule has 1 heterocycles. The molecule has 4 atom stereocenters. The first kappa shape index (κ1) is 41.8. The van der Waals surface area contributed by atoms with Crippen LogP contribution in [0.3, 0.4) is 0 Å². The highest BCUT2D eigenvalue weighted by Crippen LogP contribution is 2.43. The lowest BCUT2D eigenvalue weighted by atomic mass is 9.97. The van der Waals surface area contributed by atoms with E-state index in [4.69, 9.17) is 18.0 Å². The number of rotatable bonds is 18. The van der Waals surface area contributed by atoms with E-state index in [0.717, 1.165) is 25.7 Å². The second kappa shape index (κ2) is 16.7. The normalized spacial score (nSPS) is 19.5. The van der Waals surface area contributed by atoms with Gasteiger partial charge in [0.15, 0.2) is 25.0 Å². The third-order valence-corrected chi connectivity index (χ3v) is 24.6. The van der Waals surface area contributed by atoms with Crippen molar-refractivity contribution in [2.45, 2.75) is 212 Å². The molecule has 0 bridgehead atoms. The first-order valence-electron chi connectivity index (χ1n) is 17.7. The van der Waals surface area contributed by atoms with E-state index in [9.17, 15) is 4.79 Å². The minimum Gasteiger partial charge on any atom is -0.459 e. The van der Waals surface area contributed by atoms with Crippen LogP contribution < -0.4 is 0 Å². The number of hydrogen-bond acceptors (Lipinski definition) is 5. The maximum Gasteiger partial charge on any atom is 0.330 e. The Morgan fingerprint density at radius 2 is 1.14 bits per heavy atom. The Hall–Kier alpha value is -0.259. The number of cyclic esters (lactones) is 1. The van der Waals surface area contributed by atoms with E-state index < -0.39 is 25.0 Å².